The molecule has 0 aliphatic rings. The normalized spacial score (nSPS) is 10.6. The Morgan fingerprint density at radius 1 is 1.14 bits per heavy atom. The van der Waals surface area contributed by atoms with Crippen LogP contribution in [0.3, 0.4) is 0 Å². The van der Waals surface area contributed by atoms with Crippen LogP contribution in [0.2, 0.25) is 0 Å². The fourth-order valence-electron chi connectivity index (χ4n) is 1.74. The van der Waals surface area contributed by atoms with Crippen molar-refractivity contribution in [3.05, 3.63) is 57.4 Å². The molecule has 0 aliphatic heterocycles. The molecule has 2 heterocycles. The van der Waals surface area contributed by atoms with Crippen molar-refractivity contribution in [2.24, 2.45) is 0 Å². The van der Waals surface area contributed by atoms with E-state index in [-0.39, 0.29) is 0 Å². The highest BCUT2D eigenvalue weighted by atomic mass is 79.9. The van der Waals surface area contributed by atoms with Crippen molar-refractivity contribution in [3.63, 3.8) is 0 Å². The second-order valence-corrected chi connectivity index (χ2v) is 5.99. The second kappa shape index (κ2) is 6.36. The molecule has 1 aromatic carbocycles. The number of rotatable bonds is 4. The van der Waals surface area contributed by atoms with Gasteiger partial charge >= 0.3 is 0 Å². The average molecular weight is 410 g/mol. The summed E-state index contributed by atoms with van der Waals surface area (Å²) in [5, 5.41) is 7.17. The van der Waals surface area contributed by atoms with E-state index in [1.165, 1.54) is 0 Å². The SMILES string of the molecule is Brc1cnc(-c2noc(CNc3ccccc3)n2)c(Br)c1. The molecule has 0 bridgehead atoms. The van der Waals surface area contributed by atoms with Gasteiger partial charge in [0.15, 0.2) is 0 Å². The molecule has 0 saturated carbocycles. The predicted octanol–water partition coefficient (Wildman–Crippen LogP) is 4.27. The Morgan fingerprint density at radius 2 is 1.95 bits per heavy atom. The first-order chi connectivity index (χ1) is 10.2. The summed E-state index contributed by atoms with van der Waals surface area (Å²) >= 11 is 6.80. The molecule has 7 heteroatoms. The van der Waals surface area contributed by atoms with Crippen molar-refractivity contribution in [1.29, 1.82) is 0 Å². The highest BCUT2D eigenvalue weighted by Crippen LogP contribution is 2.26. The van der Waals surface area contributed by atoms with Gasteiger partial charge in [0, 0.05) is 20.8 Å². The number of pyridine rings is 1. The van der Waals surface area contributed by atoms with E-state index in [0.717, 1.165) is 14.6 Å². The van der Waals surface area contributed by atoms with E-state index >= 15 is 0 Å². The van der Waals surface area contributed by atoms with Crippen molar-refractivity contribution in [3.8, 4) is 11.5 Å². The number of benzene rings is 1. The lowest BCUT2D eigenvalue weighted by molar-refractivity contribution is 0.384. The maximum Gasteiger partial charge on any atom is 0.246 e. The quantitative estimate of drug-likeness (QED) is 0.697. The predicted molar refractivity (Wildman–Crippen MR) is 86.7 cm³/mol. The topological polar surface area (TPSA) is 63.8 Å². The summed E-state index contributed by atoms with van der Waals surface area (Å²) in [6, 6.07) is 11.7. The van der Waals surface area contributed by atoms with Gasteiger partial charge in [0.25, 0.3) is 0 Å². The van der Waals surface area contributed by atoms with Crippen molar-refractivity contribution in [2.75, 3.05) is 5.32 Å². The third-order valence-electron chi connectivity index (χ3n) is 2.71. The molecule has 3 aromatic rings. The van der Waals surface area contributed by atoms with E-state index in [0.29, 0.717) is 24.0 Å². The Bertz CT molecular complexity index is 746. The molecule has 0 fully saturated rings. The third kappa shape index (κ3) is 3.48. The monoisotopic (exact) mass is 408 g/mol. The van der Waals surface area contributed by atoms with Crippen LogP contribution in [-0.2, 0) is 6.54 Å². The number of hydrogen-bond donors (Lipinski definition) is 1. The van der Waals surface area contributed by atoms with Crippen molar-refractivity contribution >= 4 is 37.5 Å². The maximum absolute atomic E-state index is 5.23. The van der Waals surface area contributed by atoms with Crippen LogP contribution in [-0.4, -0.2) is 15.1 Å². The van der Waals surface area contributed by atoms with Crippen LogP contribution in [0.15, 0.2) is 56.1 Å². The Labute approximate surface area is 138 Å². The van der Waals surface area contributed by atoms with Gasteiger partial charge in [0.05, 0.1) is 6.54 Å². The van der Waals surface area contributed by atoms with E-state index in [9.17, 15) is 0 Å². The van der Waals surface area contributed by atoms with Gasteiger partial charge in [-0.05, 0) is 50.1 Å². The summed E-state index contributed by atoms with van der Waals surface area (Å²) < 4.78 is 6.92. The van der Waals surface area contributed by atoms with Crippen LogP contribution in [0.4, 0.5) is 5.69 Å². The van der Waals surface area contributed by atoms with Crippen LogP contribution < -0.4 is 5.32 Å². The lowest BCUT2D eigenvalue weighted by atomic mass is 10.3. The highest BCUT2D eigenvalue weighted by Gasteiger charge is 2.13. The zero-order valence-corrected chi connectivity index (χ0v) is 13.9. The van der Waals surface area contributed by atoms with Crippen molar-refractivity contribution in [2.45, 2.75) is 6.54 Å². The number of nitrogens with zero attached hydrogens (tertiary/aromatic N) is 3. The van der Waals surface area contributed by atoms with E-state index < -0.39 is 0 Å². The Kier molecular flexibility index (Phi) is 4.31. The van der Waals surface area contributed by atoms with Crippen molar-refractivity contribution < 1.29 is 4.52 Å². The fraction of sp³-hybridized carbons (Fsp3) is 0.0714. The number of hydrogen-bond acceptors (Lipinski definition) is 5. The number of para-hydroxylation sites is 1. The lowest BCUT2D eigenvalue weighted by Crippen LogP contribution is -1.99. The molecule has 0 radical (unpaired) electrons. The highest BCUT2D eigenvalue weighted by molar-refractivity contribution is 9.11. The van der Waals surface area contributed by atoms with Gasteiger partial charge < -0.3 is 9.84 Å². The molecule has 106 valence electrons. The lowest BCUT2D eigenvalue weighted by Gasteiger charge is -2.01. The minimum atomic E-state index is 0.458. The van der Waals surface area contributed by atoms with Crippen LogP contribution in [0.5, 0.6) is 0 Å². The van der Waals surface area contributed by atoms with Gasteiger partial charge in [0.2, 0.25) is 11.7 Å². The molecular weight excluding hydrogens is 400 g/mol. The Balaban J connectivity index is 1.74. The van der Waals surface area contributed by atoms with Crippen LogP contribution in [0.1, 0.15) is 5.89 Å². The number of halogens is 2. The summed E-state index contributed by atoms with van der Waals surface area (Å²) in [5.74, 6) is 0.963. The molecule has 21 heavy (non-hydrogen) atoms. The van der Waals surface area contributed by atoms with Crippen LogP contribution in [0, 0.1) is 0 Å². The zero-order chi connectivity index (χ0) is 14.7. The van der Waals surface area contributed by atoms with Gasteiger partial charge in [-0.1, -0.05) is 23.4 Å². The Hall–Kier alpha value is -1.73. The Morgan fingerprint density at radius 3 is 2.71 bits per heavy atom. The largest absolute Gasteiger partial charge is 0.376 e. The van der Waals surface area contributed by atoms with Gasteiger partial charge in [0.1, 0.15) is 5.69 Å². The number of anilines is 1. The van der Waals surface area contributed by atoms with Crippen LogP contribution >= 0.6 is 31.9 Å². The maximum atomic E-state index is 5.23. The van der Waals surface area contributed by atoms with Gasteiger partial charge in [-0.15, -0.1) is 0 Å². The standard InChI is InChI=1S/C14H10Br2N4O/c15-9-6-11(16)13(18-7-9)14-19-12(21-20-14)8-17-10-4-2-1-3-5-10/h1-7,17H,8H2. The summed E-state index contributed by atoms with van der Waals surface area (Å²) in [5.41, 5.74) is 1.65. The molecule has 0 spiro atoms. The first-order valence-electron chi connectivity index (χ1n) is 6.15. The molecule has 3 rings (SSSR count). The molecule has 0 aliphatic carbocycles. The van der Waals surface area contributed by atoms with Crippen LogP contribution in [0.25, 0.3) is 11.5 Å². The van der Waals surface area contributed by atoms with Gasteiger partial charge in [-0.2, -0.15) is 4.98 Å². The zero-order valence-electron chi connectivity index (χ0n) is 10.8. The van der Waals surface area contributed by atoms with E-state index in [1.807, 2.05) is 36.4 Å². The average Bonchev–Trinajstić information content (AvgIpc) is 2.95. The molecule has 0 saturated heterocycles. The number of nitrogens with one attached hydrogen (secondary N) is 1. The first-order valence-corrected chi connectivity index (χ1v) is 7.74. The summed E-state index contributed by atoms with van der Waals surface area (Å²) in [6.45, 7) is 0.463. The smallest absolute Gasteiger partial charge is 0.246 e. The second-order valence-electron chi connectivity index (χ2n) is 4.22. The first kappa shape index (κ1) is 14.2. The molecule has 5 nitrogen and oxygen atoms in total. The molecule has 1 N–H and O–H groups in total. The van der Waals surface area contributed by atoms with Crippen molar-refractivity contribution in [1.82, 2.24) is 15.1 Å². The van der Waals surface area contributed by atoms with Gasteiger partial charge in [-0.3, -0.25) is 4.98 Å². The summed E-state index contributed by atoms with van der Waals surface area (Å²) in [4.78, 5) is 8.62. The van der Waals surface area contributed by atoms with E-state index in [1.54, 1.807) is 6.20 Å². The summed E-state index contributed by atoms with van der Waals surface area (Å²) in [7, 11) is 0. The number of aromatic nitrogens is 3. The van der Waals surface area contributed by atoms with Gasteiger partial charge in [-0.25, -0.2) is 0 Å². The molecule has 2 aromatic heterocycles. The molecule has 0 amide bonds. The molecule has 0 atom stereocenters. The fourth-order valence-corrected chi connectivity index (χ4v) is 2.90. The molecule has 0 unspecified atom stereocenters. The van der Waals surface area contributed by atoms with E-state index in [4.69, 9.17) is 4.52 Å². The minimum Gasteiger partial charge on any atom is -0.376 e. The van der Waals surface area contributed by atoms with E-state index in [2.05, 4.69) is 52.3 Å². The minimum absolute atomic E-state index is 0.458. The summed E-state index contributed by atoms with van der Waals surface area (Å²) in [6.07, 6.45) is 1.69. The molecular formula is C14H10Br2N4O. The third-order valence-corrected chi connectivity index (χ3v) is 3.74.